The van der Waals surface area contributed by atoms with Gasteiger partial charge in [0.15, 0.2) is 15.7 Å². The highest BCUT2D eigenvalue weighted by Gasteiger charge is 2.14. The first-order valence-electron chi connectivity index (χ1n) is 4.52. The van der Waals surface area contributed by atoms with Gasteiger partial charge in [-0.25, -0.2) is 8.42 Å². The fourth-order valence-electron chi connectivity index (χ4n) is 1.20. The van der Waals surface area contributed by atoms with E-state index < -0.39 is 21.5 Å². The maximum absolute atomic E-state index is 11.3. The summed E-state index contributed by atoms with van der Waals surface area (Å²) in [5, 5.41) is 6.37. The number of rotatable bonds is 4. The molecule has 1 amide bonds. The third kappa shape index (κ3) is 3.63. The van der Waals surface area contributed by atoms with Gasteiger partial charge in [0.05, 0.1) is 0 Å². The molecule has 1 rings (SSSR count). The molecule has 0 aliphatic rings. The van der Waals surface area contributed by atoms with Gasteiger partial charge in [-0.15, -0.1) is 0 Å². The van der Waals surface area contributed by atoms with E-state index >= 15 is 0 Å². The van der Waals surface area contributed by atoms with Crippen LogP contribution in [0.2, 0.25) is 0 Å². The van der Waals surface area contributed by atoms with Crippen molar-refractivity contribution in [3.63, 3.8) is 0 Å². The summed E-state index contributed by atoms with van der Waals surface area (Å²) in [6.45, 7) is 0.225. The van der Waals surface area contributed by atoms with Crippen LogP contribution in [-0.2, 0) is 28.2 Å². The number of nitrogens with one attached hydrogen (secondary N) is 1. The molecular formula is C8H14N4O3S. The number of amides is 1. The Morgan fingerprint density at radius 1 is 1.62 bits per heavy atom. The van der Waals surface area contributed by atoms with Gasteiger partial charge >= 0.3 is 0 Å². The number of anilines is 1. The molecule has 3 N–H and O–H groups in total. The highest BCUT2D eigenvalue weighted by atomic mass is 32.2. The molecule has 0 unspecified atom stereocenters. The lowest BCUT2D eigenvalue weighted by molar-refractivity contribution is -0.113. The average molecular weight is 246 g/mol. The van der Waals surface area contributed by atoms with E-state index in [1.54, 1.807) is 13.2 Å². The van der Waals surface area contributed by atoms with Gasteiger partial charge in [0.25, 0.3) is 0 Å². The van der Waals surface area contributed by atoms with Crippen molar-refractivity contribution >= 4 is 21.6 Å². The quantitative estimate of drug-likeness (QED) is 0.698. The summed E-state index contributed by atoms with van der Waals surface area (Å²) in [7, 11) is -1.65. The number of hydrogen-bond acceptors (Lipinski definition) is 5. The SMILES string of the molecule is Cn1cc(CN)c(NC(=O)CS(C)(=O)=O)n1. The number of carbonyl (C=O) groups excluding carboxylic acids is 1. The average Bonchev–Trinajstić information content (AvgIpc) is 2.42. The summed E-state index contributed by atoms with van der Waals surface area (Å²) >= 11 is 0. The molecule has 0 spiro atoms. The van der Waals surface area contributed by atoms with Crippen LogP contribution in [0.5, 0.6) is 0 Å². The molecule has 0 atom stereocenters. The molecule has 1 heterocycles. The van der Waals surface area contributed by atoms with Crippen molar-refractivity contribution in [3.05, 3.63) is 11.8 Å². The molecule has 1 aromatic rings. The second-order valence-corrected chi connectivity index (χ2v) is 5.64. The van der Waals surface area contributed by atoms with Gasteiger partial charge in [0, 0.05) is 31.6 Å². The van der Waals surface area contributed by atoms with E-state index in [2.05, 4.69) is 10.4 Å². The molecule has 90 valence electrons. The molecule has 0 aromatic carbocycles. The Balaban J connectivity index is 2.77. The molecule has 0 bridgehead atoms. The van der Waals surface area contributed by atoms with Crippen molar-refractivity contribution in [2.45, 2.75) is 6.54 Å². The van der Waals surface area contributed by atoms with Gasteiger partial charge in [0.1, 0.15) is 5.75 Å². The monoisotopic (exact) mass is 246 g/mol. The van der Waals surface area contributed by atoms with Crippen LogP contribution in [0, 0.1) is 0 Å². The number of nitrogens with zero attached hydrogens (tertiary/aromatic N) is 2. The Morgan fingerprint density at radius 2 is 2.25 bits per heavy atom. The molecule has 0 fully saturated rings. The lowest BCUT2D eigenvalue weighted by Crippen LogP contribution is -2.23. The molecule has 7 nitrogen and oxygen atoms in total. The third-order valence-corrected chi connectivity index (χ3v) is 2.56. The van der Waals surface area contributed by atoms with Gasteiger partial charge in [-0.3, -0.25) is 9.48 Å². The Bertz CT molecular complexity index is 491. The highest BCUT2D eigenvalue weighted by molar-refractivity contribution is 7.91. The maximum atomic E-state index is 11.3. The summed E-state index contributed by atoms with van der Waals surface area (Å²) in [5.74, 6) is -0.873. The molecule has 8 heteroatoms. The molecule has 16 heavy (non-hydrogen) atoms. The molecule has 0 radical (unpaired) electrons. The number of nitrogens with two attached hydrogens (primary N) is 1. The second-order valence-electron chi connectivity index (χ2n) is 3.50. The van der Waals surface area contributed by atoms with Crippen molar-refractivity contribution < 1.29 is 13.2 Å². The van der Waals surface area contributed by atoms with E-state index in [0.717, 1.165) is 6.26 Å². The van der Waals surface area contributed by atoms with Crippen LogP contribution in [-0.4, -0.2) is 36.1 Å². The first kappa shape index (κ1) is 12.7. The fourth-order valence-corrected chi connectivity index (χ4v) is 1.75. The largest absolute Gasteiger partial charge is 0.326 e. The first-order valence-corrected chi connectivity index (χ1v) is 6.58. The third-order valence-electron chi connectivity index (χ3n) is 1.78. The minimum absolute atomic E-state index is 0.225. The highest BCUT2D eigenvalue weighted by Crippen LogP contribution is 2.11. The van der Waals surface area contributed by atoms with Crippen LogP contribution < -0.4 is 11.1 Å². The van der Waals surface area contributed by atoms with Crippen LogP contribution in [0.3, 0.4) is 0 Å². The summed E-state index contributed by atoms with van der Waals surface area (Å²) < 4.78 is 23.3. The zero-order valence-electron chi connectivity index (χ0n) is 9.10. The predicted molar refractivity (Wildman–Crippen MR) is 59.4 cm³/mol. The van der Waals surface area contributed by atoms with E-state index in [0.29, 0.717) is 11.4 Å². The molecule has 1 aromatic heterocycles. The summed E-state index contributed by atoms with van der Waals surface area (Å²) in [6, 6.07) is 0. The Kier molecular flexibility index (Phi) is 3.66. The molecule has 0 saturated carbocycles. The summed E-state index contributed by atoms with van der Waals surface area (Å²) in [5.41, 5.74) is 6.10. The fraction of sp³-hybridized carbons (Fsp3) is 0.500. The zero-order valence-corrected chi connectivity index (χ0v) is 9.91. The van der Waals surface area contributed by atoms with E-state index in [1.807, 2.05) is 0 Å². The van der Waals surface area contributed by atoms with Crippen LogP contribution in [0.15, 0.2) is 6.20 Å². The Hall–Kier alpha value is -1.41. The van der Waals surface area contributed by atoms with Gasteiger partial charge in [0.2, 0.25) is 5.91 Å². The molecule has 0 saturated heterocycles. The number of aromatic nitrogens is 2. The molecule has 0 aliphatic carbocycles. The van der Waals surface area contributed by atoms with Crippen LogP contribution >= 0.6 is 0 Å². The molecule has 0 aliphatic heterocycles. The first-order chi connectivity index (χ1) is 7.31. The van der Waals surface area contributed by atoms with Crippen molar-refractivity contribution in [3.8, 4) is 0 Å². The standard InChI is InChI=1S/C8H14N4O3S/c1-12-4-6(3-9)8(11-12)10-7(13)5-16(2,14)15/h4H,3,5,9H2,1-2H3,(H,10,11,13). The summed E-state index contributed by atoms with van der Waals surface area (Å²) in [4.78, 5) is 11.3. The number of sulfone groups is 1. The van der Waals surface area contributed by atoms with Crippen molar-refractivity contribution in [1.29, 1.82) is 0 Å². The number of carbonyl (C=O) groups is 1. The van der Waals surface area contributed by atoms with Crippen molar-refractivity contribution in [2.75, 3.05) is 17.3 Å². The second kappa shape index (κ2) is 4.62. The van der Waals surface area contributed by atoms with E-state index in [1.165, 1.54) is 4.68 Å². The van der Waals surface area contributed by atoms with Crippen LogP contribution in [0.1, 0.15) is 5.56 Å². The van der Waals surface area contributed by atoms with Gasteiger partial charge in [-0.2, -0.15) is 5.10 Å². The van der Waals surface area contributed by atoms with Crippen LogP contribution in [0.4, 0.5) is 5.82 Å². The van der Waals surface area contributed by atoms with Crippen LogP contribution in [0.25, 0.3) is 0 Å². The Labute approximate surface area is 93.5 Å². The topological polar surface area (TPSA) is 107 Å². The van der Waals surface area contributed by atoms with Crippen molar-refractivity contribution in [2.24, 2.45) is 12.8 Å². The van der Waals surface area contributed by atoms with Gasteiger partial charge in [-0.05, 0) is 0 Å². The van der Waals surface area contributed by atoms with E-state index in [9.17, 15) is 13.2 Å². The lowest BCUT2D eigenvalue weighted by Gasteiger charge is -2.02. The zero-order chi connectivity index (χ0) is 12.3. The van der Waals surface area contributed by atoms with E-state index in [4.69, 9.17) is 5.73 Å². The predicted octanol–water partition coefficient (Wildman–Crippen LogP) is -1.14. The van der Waals surface area contributed by atoms with E-state index in [-0.39, 0.29) is 6.54 Å². The number of hydrogen-bond donors (Lipinski definition) is 2. The summed E-state index contributed by atoms with van der Waals surface area (Å²) in [6.07, 6.45) is 2.66. The minimum Gasteiger partial charge on any atom is -0.326 e. The lowest BCUT2D eigenvalue weighted by atomic mass is 10.3. The number of aryl methyl sites for hydroxylation is 1. The minimum atomic E-state index is -3.33. The normalized spacial score (nSPS) is 11.4. The molecular weight excluding hydrogens is 232 g/mol. The van der Waals surface area contributed by atoms with Crippen molar-refractivity contribution in [1.82, 2.24) is 9.78 Å². The van der Waals surface area contributed by atoms with Gasteiger partial charge < -0.3 is 11.1 Å². The maximum Gasteiger partial charge on any atom is 0.240 e. The Morgan fingerprint density at radius 3 is 2.75 bits per heavy atom. The van der Waals surface area contributed by atoms with Gasteiger partial charge in [-0.1, -0.05) is 0 Å². The smallest absolute Gasteiger partial charge is 0.240 e.